The molecule has 0 atom stereocenters. The molecule has 1 aromatic rings. The van der Waals surface area contributed by atoms with E-state index < -0.39 is 11.7 Å². The molecule has 1 rings (SSSR count). The average molecular weight is 246 g/mol. The maximum atomic E-state index is 12.3. The Balaban J connectivity index is 2.63. The first-order valence-electron chi connectivity index (χ1n) is 4.80. The number of rotatable bonds is 2. The Hall–Kier alpha value is -1.76. The van der Waals surface area contributed by atoms with Crippen molar-refractivity contribution in [3.05, 3.63) is 35.4 Å². The predicted octanol–water partition coefficient (Wildman–Crippen LogP) is 1.24. The minimum Gasteiger partial charge on any atom is -0.351 e. The molecule has 0 aliphatic carbocycles. The molecule has 94 valence electrons. The summed E-state index contributed by atoms with van der Waals surface area (Å²) in [6.07, 6.45) is -4.30. The van der Waals surface area contributed by atoms with Crippen LogP contribution in [0.4, 0.5) is 13.2 Å². The fraction of sp³-hybridized carbons (Fsp3) is 0.300. The van der Waals surface area contributed by atoms with E-state index in [9.17, 15) is 13.2 Å². The largest absolute Gasteiger partial charge is 0.416 e. The molecule has 1 aromatic carbocycles. The highest BCUT2D eigenvalue weighted by molar-refractivity contribution is 5.78. The van der Waals surface area contributed by atoms with Crippen LogP contribution in [0.2, 0.25) is 0 Å². The van der Waals surface area contributed by atoms with E-state index in [-0.39, 0.29) is 0 Å². The lowest BCUT2D eigenvalue weighted by Crippen LogP contribution is -2.40. The van der Waals surface area contributed by atoms with E-state index in [0.717, 1.165) is 12.1 Å². The highest BCUT2D eigenvalue weighted by atomic mass is 19.4. The number of hydrazine groups is 1. The van der Waals surface area contributed by atoms with Gasteiger partial charge in [-0.1, -0.05) is 12.1 Å². The number of nitrogens with two attached hydrogens (primary N) is 1. The molecule has 0 radical (unpaired) electrons. The molecule has 0 fully saturated rings. The van der Waals surface area contributed by atoms with Gasteiger partial charge >= 0.3 is 6.18 Å². The lowest BCUT2D eigenvalue weighted by Gasteiger charge is -2.10. The first-order chi connectivity index (χ1) is 7.97. The number of halogens is 3. The highest BCUT2D eigenvalue weighted by Gasteiger charge is 2.29. The van der Waals surface area contributed by atoms with Gasteiger partial charge in [0.15, 0.2) is 0 Å². The number of benzene rings is 1. The number of alkyl halides is 3. The summed E-state index contributed by atoms with van der Waals surface area (Å²) in [5.74, 6) is 5.50. The van der Waals surface area contributed by atoms with Crippen molar-refractivity contribution in [2.45, 2.75) is 12.7 Å². The van der Waals surface area contributed by atoms with Crippen molar-refractivity contribution < 1.29 is 13.2 Å². The lowest BCUT2D eigenvalue weighted by molar-refractivity contribution is -0.137. The van der Waals surface area contributed by atoms with Gasteiger partial charge in [-0.2, -0.15) is 13.2 Å². The van der Waals surface area contributed by atoms with Crippen LogP contribution in [-0.2, 0) is 12.7 Å². The van der Waals surface area contributed by atoms with Gasteiger partial charge in [0.25, 0.3) is 0 Å². The summed E-state index contributed by atoms with van der Waals surface area (Å²) in [5, 5.41) is 2.83. The van der Waals surface area contributed by atoms with Crippen LogP contribution >= 0.6 is 0 Å². The number of nitrogens with one attached hydrogen (secondary N) is 2. The summed E-state index contributed by atoms with van der Waals surface area (Å²) in [6, 6.07) is 4.88. The summed E-state index contributed by atoms with van der Waals surface area (Å²) in [7, 11) is 1.54. The monoisotopic (exact) mass is 246 g/mol. The Bertz CT molecular complexity index is 384. The minimum absolute atomic E-state index is 0.342. The number of guanidine groups is 1. The molecule has 4 N–H and O–H groups in total. The van der Waals surface area contributed by atoms with Gasteiger partial charge in [-0.3, -0.25) is 10.4 Å². The number of hydrogen-bond donors (Lipinski definition) is 3. The Morgan fingerprint density at radius 2 is 1.88 bits per heavy atom. The molecule has 0 aliphatic heterocycles. The zero-order chi connectivity index (χ0) is 12.9. The molecule has 0 aliphatic rings. The molecule has 0 aromatic heterocycles. The van der Waals surface area contributed by atoms with Gasteiger partial charge in [-0.15, -0.1) is 0 Å². The Morgan fingerprint density at radius 3 is 2.29 bits per heavy atom. The standard InChI is InChI=1S/C10H13F3N4/c1-15-9(17-14)16-6-7-2-4-8(5-3-7)10(11,12)13/h2-5H,6,14H2,1H3,(H2,15,16,17). The molecule has 0 saturated carbocycles. The lowest BCUT2D eigenvalue weighted by atomic mass is 10.1. The number of hydrogen-bond acceptors (Lipinski definition) is 2. The quantitative estimate of drug-likeness (QED) is 0.318. The van der Waals surface area contributed by atoms with Crippen LogP contribution in [-0.4, -0.2) is 13.0 Å². The summed E-state index contributed by atoms with van der Waals surface area (Å²) in [4.78, 5) is 3.77. The molecule has 0 heterocycles. The molecule has 7 heteroatoms. The van der Waals surface area contributed by atoms with Gasteiger partial charge < -0.3 is 5.32 Å². The van der Waals surface area contributed by atoms with Crippen LogP contribution in [0.1, 0.15) is 11.1 Å². The smallest absolute Gasteiger partial charge is 0.351 e. The molecule has 17 heavy (non-hydrogen) atoms. The summed E-state index contributed by atoms with van der Waals surface area (Å²) in [6.45, 7) is 0.342. The van der Waals surface area contributed by atoms with Crippen molar-refractivity contribution in [1.82, 2.24) is 10.7 Å². The van der Waals surface area contributed by atoms with Crippen molar-refractivity contribution in [3.8, 4) is 0 Å². The van der Waals surface area contributed by atoms with Gasteiger partial charge in [0.1, 0.15) is 0 Å². The third-order valence-electron chi connectivity index (χ3n) is 2.10. The zero-order valence-electron chi connectivity index (χ0n) is 9.17. The third kappa shape index (κ3) is 3.95. The van der Waals surface area contributed by atoms with Crippen LogP contribution in [0.15, 0.2) is 29.3 Å². The highest BCUT2D eigenvalue weighted by Crippen LogP contribution is 2.28. The van der Waals surface area contributed by atoms with Gasteiger partial charge in [0.05, 0.1) is 5.56 Å². The van der Waals surface area contributed by atoms with Crippen molar-refractivity contribution in [2.24, 2.45) is 10.8 Å². The number of aliphatic imine (C=N–C) groups is 1. The second-order valence-electron chi connectivity index (χ2n) is 3.26. The maximum absolute atomic E-state index is 12.3. The zero-order valence-corrected chi connectivity index (χ0v) is 9.17. The fourth-order valence-electron chi connectivity index (χ4n) is 1.19. The van der Waals surface area contributed by atoms with Gasteiger partial charge in [-0.25, -0.2) is 5.84 Å². The minimum atomic E-state index is -4.30. The molecular weight excluding hydrogens is 233 g/mol. The van der Waals surface area contributed by atoms with E-state index in [1.54, 1.807) is 0 Å². The topological polar surface area (TPSA) is 62.4 Å². The second-order valence-corrected chi connectivity index (χ2v) is 3.26. The molecule has 0 spiro atoms. The van der Waals surface area contributed by atoms with Crippen molar-refractivity contribution >= 4 is 5.96 Å². The summed E-state index contributed by atoms with van der Waals surface area (Å²) in [5.41, 5.74) is 2.36. The first-order valence-corrected chi connectivity index (χ1v) is 4.80. The van der Waals surface area contributed by atoms with E-state index in [4.69, 9.17) is 5.84 Å². The molecule has 0 amide bonds. The second kappa shape index (κ2) is 5.53. The Morgan fingerprint density at radius 1 is 1.29 bits per heavy atom. The average Bonchev–Trinajstić information content (AvgIpc) is 2.30. The number of nitrogens with zero attached hydrogens (tertiary/aromatic N) is 1. The normalized spacial score (nSPS) is 12.4. The van der Waals surface area contributed by atoms with Crippen molar-refractivity contribution in [2.75, 3.05) is 7.05 Å². The van der Waals surface area contributed by atoms with Gasteiger partial charge in [0.2, 0.25) is 5.96 Å². The SMILES string of the molecule is CN=C(NN)NCc1ccc(C(F)(F)F)cc1. The van der Waals surface area contributed by atoms with Crippen LogP contribution in [0.5, 0.6) is 0 Å². The Labute approximate surface area is 96.7 Å². The van der Waals surface area contributed by atoms with Gasteiger partial charge in [0, 0.05) is 13.6 Å². The fourth-order valence-corrected chi connectivity index (χ4v) is 1.19. The molecular formula is C10H13F3N4. The van der Waals surface area contributed by atoms with E-state index in [1.807, 2.05) is 0 Å². The summed E-state index contributed by atoms with van der Waals surface area (Å²) < 4.78 is 36.8. The van der Waals surface area contributed by atoms with E-state index >= 15 is 0 Å². The molecule has 0 unspecified atom stereocenters. The van der Waals surface area contributed by atoms with Gasteiger partial charge in [-0.05, 0) is 17.7 Å². The van der Waals surface area contributed by atoms with Crippen molar-refractivity contribution in [1.29, 1.82) is 0 Å². The van der Waals surface area contributed by atoms with Crippen LogP contribution in [0.25, 0.3) is 0 Å². The summed E-state index contributed by atoms with van der Waals surface area (Å²) >= 11 is 0. The molecule has 0 bridgehead atoms. The van der Waals surface area contributed by atoms with Crippen LogP contribution in [0.3, 0.4) is 0 Å². The van der Waals surface area contributed by atoms with Crippen LogP contribution in [0, 0.1) is 0 Å². The third-order valence-corrected chi connectivity index (χ3v) is 2.10. The predicted molar refractivity (Wildman–Crippen MR) is 59.0 cm³/mol. The van der Waals surface area contributed by atoms with E-state index in [0.29, 0.717) is 18.1 Å². The first kappa shape index (κ1) is 13.3. The van der Waals surface area contributed by atoms with Crippen molar-refractivity contribution in [3.63, 3.8) is 0 Å². The van der Waals surface area contributed by atoms with Crippen LogP contribution < -0.4 is 16.6 Å². The Kier molecular flexibility index (Phi) is 4.33. The molecule has 0 saturated heterocycles. The van der Waals surface area contributed by atoms with E-state index in [1.165, 1.54) is 19.2 Å². The molecule has 4 nitrogen and oxygen atoms in total. The van der Waals surface area contributed by atoms with E-state index in [2.05, 4.69) is 15.7 Å². The maximum Gasteiger partial charge on any atom is 0.416 e.